The van der Waals surface area contributed by atoms with E-state index in [1.54, 1.807) is 11.3 Å². The van der Waals surface area contributed by atoms with Gasteiger partial charge in [0.25, 0.3) is 6.47 Å². The van der Waals surface area contributed by atoms with Crippen LogP contribution in [0.15, 0.2) is 24.3 Å². The van der Waals surface area contributed by atoms with Crippen LogP contribution in [-0.2, 0) is 51.5 Å². The van der Waals surface area contributed by atoms with Crippen LogP contribution in [0.25, 0.3) is 0 Å². The molecular formula is C23H25F3N2O6S. The number of carbonyl (C=O) groups is 4. The van der Waals surface area contributed by atoms with E-state index in [1.807, 2.05) is 24.3 Å². The molecule has 12 heteroatoms. The normalized spacial score (nSPS) is 13.3. The zero-order chi connectivity index (χ0) is 26.2. The van der Waals surface area contributed by atoms with Crippen molar-refractivity contribution in [1.29, 1.82) is 0 Å². The highest BCUT2D eigenvalue weighted by atomic mass is 32.1. The van der Waals surface area contributed by atoms with Crippen molar-refractivity contribution in [3.05, 3.63) is 56.3 Å². The molecule has 0 bridgehead atoms. The van der Waals surface area contributed by atoms with Crippen LogP contribution in [0.2, 0.25) is 0 Å². The van der Waals surface area contributed by atoms with E-state index in [1.165, 1.54) is 0 Å². The lowest BCUT2D eigenvalue weighted by Gasteiger charge is -2.25. The van der Waals surface area contributed by atoms with E-state index in [-0.39, 0.29) is 25.2 Å². The Morgan fingerprint density at radius 1 is 1.17 bits per heavy atom. The molecule has 0 saturated heterocycles. The number of carboxylic acid groups (broad SMARTS) is 1. The number of ketones is 1. The molecule has 3 N–H and O–H groups in total. The number of aliphatic carboxylic acids is 1. The average molecular weight is 515 g/mol. The Bertz CT molecular complexity index is 1070. The number of fused-ring (bicyclic) bond motifs is 1. The van der Waals surface area contributed by atoms with Crippen LogP contribution in [0, 0.1) is 0 Å². The third-order valence-electron chi connectivity index (χ3n) is 5.24. The van der Waals surface area contributed by atoms with Gasteiger partial charge in [-0.05, 0) is 29.7 Å². The summed E-state index contributed by atoms with van der Waals surface area (Å²) >= 11 is 1.55. The quantitative estimate of drug-likeness (QED) is 0.493. The molecule has 0 fully saturated rings. The van der Waals surface area contributed by atoms with E-state index in [0.29, 0.717) is 12.0 Å². The predicted molar refractivity (Wildman–Crippen MR) is 121 cm³/mol. The molecular weight excluding hydrogens is 489 g/mol. The molecule has 2 heterocycles. The topological polar surface area (TPSA) is 127 Å². The van der Waals surface area contributed by atoms with E-state index in [0.717, 1.165) is 52.5 Å². The number of halogens is 3. The van der Waals surface area contributed by atoms with Crippen molar-refractivity contribution in [2.45, 2.75) is 45.5 Å². The number of likely N-dealkylation sites (N-methyl/N-ethyl adjacent to an activating group) is 1. The summed E-state index contributed by atoms with van der Waals surface area (Å²) in [6.45, 7) is 5.44. The number of nitrogens with zero attached hydrogens (tertiary/aromatic N) is 1. The molecule has 0 aliphatic carbocycles. The van der Waals surface area contributed by atoms with Crippen LogP contribution in [0.3, 0.4) is 0 Å². The van der Waals surface area contributed by atoms with Crippen molar-refractivity contribution in [1.82, 2.24) is 4.90 Å². The number of rotatable bonds is 9. The van der Waals surface area contributed by atoms with Gasteiger partial charge in [0, 0.05) is 35.7 Å². The van der Waals surface area contributed by atoms with Crippen LogP contribution < -0.4 is 5.73 Å². The van der Waals surface area contributed by atoms with Crippen molar-refractivity contribution >= 4 is 35.5 Å². The Hall–Kier alpha value is -3.25. The zero-order valence-electron chi connectivity index (χ0n) is 18.9. The second-order valence-corrected chi connectivity index (χ2v) is 8.89. The molecule has 1 aliphatic heterocycles. The summed E-state index contributed by atoms with van der Waals surface area (Å²) in [7, 11) is 0. The van der Waals surface area contributed by atoms with Gasteiger partial charge < -0.3 is 15.6 Å². The van der Waals surface area contributed by atoms with Gasteiger partial charge >= 0.3 is 12.1 Å². The fourth-order valence-corrected chi connectivity index (χ4v) is 4.98. The number of alkyl halides is 3. The number of hydrogen-bond donors (Lipinski definition) is 2. The van der Waals surface area contributed by atoms with Crippen LogP contribution in [0.1, 0.15) is 43.7 Å². The van der Waals surface area contributed by atoms with E-state index < -0.39 is 18.1 Å². The fraction of sp³-hybridized carbons (Fsp3) is 0.391. The predicted octanol–water partition coefficient (Wildman–Crippen LogP) is 2.89. The molecule has 1 aliphatic rings. The highest BCUT2D eigenvalue weighted by molar-refractivity contribution is 7.12. The Labute approximate surface area is 203 Å². The SMILES string of the molecule is CCN1CCc2c(sc(CC(=O)Cc3ccc(COC=O)cc3)c2C(N)=O)C1.O=C(O)C(F)(F)F. The maximum absolute atomic E-state index is 12.6. The van der Waals surface area contributed by atoms with Gasteiger partial charge in [-0.1, -0.05) is 31.2 Å². The lowest BCUT2D eigenvalue weighted by Crippen LogP contribution is -2.30. The number of thiophene rings is 1. The summed E-state index contributed by atoms with van der Waals surface area (Å²) in [6.07, 6.45) is -3.77. The van der Waals surface area contributed by atoms with E-state index in [9.17, 15) is 27.6 Å². The molecule has 0 spiro atoms. The van der Waals surface area contributed by atoms with Gasteiger partial charge in [0.05, 0.1) is 5.56 Å². The monoisotopic (exact) mass is 514 g/mol. The number of carboxylic acids is 1. The van der Waals surface area contributed by atoms with Crippen molar-refractivity contribution in [2.24, 2.45) is 5.73 Å². The highest BCUT2D eigenvalue weighted by Gasteiger charge is 2.38. The molecule has 35 heavy (non-hydrogen) atoms. The summed E-state index contributed by atoms with van der Waals surface area (Å²) in [5.74, 6) is -3.15. The van der Waals surface area contributed by atoms with Crippen LogP contribution >= 0.6 is 11.3 Å². The number of primary amides is 1. The molecule has 1 amide bonds. The summed E-state index contributed by atoms with van der Waals surface area (Å²) in [6, 6.07) is 7.39. The minimum Gasteiger partial charge on any atom is -0.475 e. The molecule has 8 nitrogen and oxygen atoms in total. The fourth-order valence-electron chi connectivity index (χ4n) is 3.55. The van der Waals surface area contributed by atoms with Gasteiger partial charge in [-0.25, -0.2) is 4.79 Å². The van der Waals surface area contributed by atoms with Crippen LogP contribution in [0.5, 0.6) is 0 Å². The molecule has 1 aromatic carbocycles. The van der Waals surface area contributed by atoms with E-state index >= 15 is 0 Å². The van der Waals surface area contributed by atoms with Crippen molar-refractivity contribution in [3.63, 3.8) is 0 Å². The molecule has 190 valence electrons. The average Bonchev–Trinajstić information content (AvgIpc) is 3.15. The third kappa shape index (κ3) is 8.18. The number of Topliss-reactive ketones (excluding diaryl/α,β-unsaturated/α-hetero) is 1. The van der Waals surface area contributed by atoms with Crippen LogP contribution in [-0.4, -0.2) is 53.4 Å². The first-order valence-electron chi connectivity index (χ1n) is 10.6. The smallest absolute Gasteiger partial charge is 0.475 e. The number of hydrogen-bond acceptors (Lipinski definition) is 7. The van der Waals surface area contributed by atoms with Gasteiger partial charge in [-0.3, -0.25) is 19.3 Å². The standard InChI is InChI=1S/C21H24N2O4S.C2HF3O2/c1-2-23-8-7-17-19(11-23)28-18(20(17)21(22)26)10-16(25)9-14-3-5-15(6-4-14)12-27-13-24;3-2(4,5)1(6)7/h3-6,13H,2,7-12H2,1H3,(H2,22,26);(H,6,7). The van der Waals surface area contributed by atoms with Gasteiger partial charge in [-0.2, -0.15) is 13.2 Å². The number of ether oxygens (including phenoxy) is 1. The third-order valence-corrected chi connectivity index (χ3v) is 6.46. The Morgan fingerprint density at radius 2 is 1.77 bits per heavy atom. The number of amides is 1. The summed E-state index contributed by atoms with van der Waals surface area (Å²) in [5, 5.41) is 7.12. The molecule has 0 atom stereocenters. The highest BCUT2D eigenvalue weighted by Crippen LogP contribution is 2.33. The minimum atomic E-state index is -5.08. The largest absolute Gasteiger partial charge is 0.490 e. The van der Waals surface area contributed by atoms with Gasteiger partial charge in [0.15, 0.2) is 0 Å². The maximum atomic E-state index is 12.6. The van der Waals surface area contributed by atoms with Crippen molar-refractivity contribution in [3.8, 4) is 0 Å². The summed E-state index contributed by atoms with van der Waals surface area (Å²) < 4.78 is 36.5. The maximum Gasteiger partial charge on any atom is 0.490 e. The molecule has 1 aromatic heterocycles. The van der Waals surface area contributed by atoms with Gasteiger partial charge in [0.2, 0.25) is 5.91 Å². The molecule has 2 aromatic rings. The van der Waals surface area contributed by atoms with Crippen LogP contribution in [0.4, 0.5) is 13.2 Å². The van der Waals surface area contributed by atoms with Gasteiger partial charge in [0.1, 0.15) is 12.4 Å². The number of benzene rings is 1. The van der Waals surface area contributed by atoms with Crippen molar-refractivity contribution < 1.29 is 42.2 Å². The van der Waals surface area contributed by atoms with E-state index in [4.69, 9.17) is 20.4 Å². The molecule has 0 saturated carbocycles. The second-order valence-electron chi connectivity index (χ2n) is 7.70. The number of nitrogens with two attached hydrogens (primary N) is 1. The minimum absolute atomic E-state index is 0.0466. The van der Waals surface area contributed by atoms with Gasteiger partial charge in [-0.15, -0.1) is 11.3 Å². The first-order chi connectivity index (χ1) is 16.5. The van der Waals surface area contributed by atoms with Crippen molar-refractivity contribution in [2.75, 3.05) is 13.1 Å². The molecule has 0 radical (unpaired) electrons. The first kappa shape index (κ1) is 28.0. The van der Waals surface area contributed by atoms with E-state index in [2.05, 4.69) is 11.8 Å². The first-order valence-corrected chi connectivity index (χ1v) is 11.4. The lowest BCUT2D eigenvalue weighted by atomic mass is 9.98. The second kappa shape index (κ2) is 12.5. The molecule has 3 rings (SSSR count). The molecule has 0 unspecified atom stereocenters. The number of carbonyl (C=O) groups excluding carboxylic acids is 3. The summed E-state index contributed by atoms with van der Waals surface area (Å²) in [5.41, 5.74) is 8.99. The Morgan fingerprint density at radius 3 is 2.29 bits per heavy atom. The Balaban J connectivity index is 0.000000540. The lowest BCUT2D eigenvalue weighted by molar-refractivity contribution is -0.192. The Kier molecular flexibility index (Phi) is 9.96. The summed E-state index contributed by atoms with van der Waals surface area (Å²) in [4.78, 5) is 48.1. The zero-order valence-corrected chi connectivity index (χ0v) is 19.7.